The zero-order valence-electron chi connectivity index (χ0n) is 21.9. The predicted molar refractivity (Wildman–Crippen MR) is 150 cm³/mol. The fourth-order valence-corrected chi connectivity index (χ4v) is 5.81. The lowest BCUT2D eigenvalue weighted by Crippen LogP contribution is -2.23. The summed E-state index contributed by atoms with van der Waals surface area (Å²) in [5.41, 5.74) is 3.88. The summed E-state index contributed by atoms with van der Waals surface area (Å²) in [6.07, 6.45) is 3.43. The van der Waals surface area contributed by atoms with Gasteiger partial charge in [0.05, 0.1) is 16.3 Å². The smallest absolute Gasteiger partial charge is 0.242 e. The standard InChI is InChI=1S/C27H30N6O3S2/c1-18(2)22-10-6-7-11-23(22)33-26(20-9-8-14-28-16-20)30-31-27(33)37-17-25(34)29-21-13-12-19(3)24(15-21)38(35,36)32(4)5/h6-16,18H,17H2,1-5H3,(H,29,34). The summed E-state index contributed by atoms with van der Waals surface area (Å²) in [7, 11) is -0.690. The molecule has 0 bridgehead atoms. The molecule has 0 aliphatic carbocycles. The van der Waals surface area contributed by atoms with Gasteiger partial charge in [-0.15, -0.1) is 10.2 Å². The first-order valence-corrected chi connectivity index (χ1v) is 14.4. The van der Waals surface area contributed by atoms with Crippen LogP contribution in [0.3, 0.4) is 0 Å². The topological polar surface area (TPSA) is 110 Å². The lowest BCUT2D eigenvalue weighted by Gasteiger charge is -2.17. The van der Waals surface area contributed by atoms with E-state index in [2.05, 4.69) is 40.4 Å². The Morgan fingerprint density at radius 1 is 1.08 bits per heavy atom. The van der Waals surface area contributed by atoms with Crippen LogP contribution in [0.15, 0.2) is 77.0 Å². The molecule has 9 nitrogen and oxygen atoms in total. The first-order chi connectivity index (χ1) is 18.1. The van der Waals surface area contributed by atoms with Crippen LogP contribution in [0.1, 0.15) is 30.9 Å². The number of para-hydroxylation sites is 1. The fourth-order valence-electron chi connectivity index (χ4n) is 3.92. The molecule has 0 saturated carbocycles. The molecule has 0 aliphatic rings. The maximum absolute atomic E-state index is 12.9. The van der Waals surface area contributed by atoms with Gasteiger partial charge >= 0.3 is 0 Å². The van der Waals surface area contributed by atoms with Crippen LogP contribution in [0.2, 0.25) is 0 Å². The molecule has 0 spiro atoms. The maximum Gasteiger partial charge on any atom is 0.242 e. The molecule has 0 fully saturated rings. The molecule has 11 heteroatoms. The summed E-state index contributed by atoms with van der Waals surface area (Å²) in [4.78, 5) is 17.3. The molecule has 2 heterocycles. The minimum Gasteiger partial charge on any atom is -0.325 e. The van der Waals surface area contributed by atoms with Gasteiger partial charge in [0.2, 0.25) is 15.9 Å². The normalized spacial score (nSPS) is 11.8. The molecular weight excluding hydrogens is 520 g/mol. The number of rotatable bonds is 9. The van der Waals surface area contributed by atoms with Crippen molar-refractivity contribution in [2.24, 2.45) is 0 Å². The quantitative estimate of drug-likeness (QED) is 0.300. The van der Waals surface area contributed by atoms with Crippen LogP contribution in [0, 0.1) is 6.92 Å². The number of hydrogen-bond donors (Lipinski definition) is 1. The van der Waals surface area contributed by atoms with E-state index in [4.69, 9.17) is 0 Å². The number of carbonyl (C=O) groups excluding carboxylic acids is 1. The SMILES string of the molecule is Cc1ccc(NC(=O)CSc2nnc(-c3cccnc3)n2-c2ccccc2C(C)C)cc1S(=O)(=O)N(C)C. The molecule has 1 N–H and O–H groups in total. The van der Waals surface area contributed by atoms with Gasteiger partial charge in [0.25, 0.3) is 0 Å². The number of hydrogen-bond acceptors (Lipinski definition) is 7. The summed E-state index contributed by atoms with van der Waals surface area (Å²) in [5, 5.41) is 12.2. The average Bonchev–Trinajstić information content (AvgIpc) is 3.32. The Morgan fingerprint density at radius 3 is 2.53 bits per heavy atom. The van der Waals surface area contributed by atoms with E-state index < -0.39 is 10.0 Å². The number of sulfonamides is 1. The number of nitrogens with zero attached hydrogens (tertiary/aromatic N) is 5. The van der Waals surface area contributed by atoms with Gasteiger partial charge in [-0.2, -0.15) is 0 Å². The third-order valence-corrected chi connectivity index (χ3v) is 8.80. The fraction of sp³-hybridized carbons (Fsp3) is 0.259. The van der Waals surface area contributed by atoms with Crippen LogP contribution in [-0.4, -0.2) is 58.2 Å². The van der Waals surface area contributed by atoms with E-state index in [1.54, 1.807) is 31.5 Å². The number of amides is 1. The van der Waals surface area contributed by atoms with E-state index >= 15 is 0 Å². The van der Waals surface area contributed by atoms with Crippen molar-refractivity contribution in [3.63, 3.8) is 0 Å². The zero-order valence-corrected chi connectivity index (χ0v) is 23.5. The number of aromatic nitrogens is 4. The van der Waals surface area contributed by atoms with Gasteiger partial charge in [-0.05, 0) is 54.3 Å². The summed E-state index contributed by atoms with van der Waals surface area (Å²) in [5.74, 6) is 0.650. The lowest BCUT2D eigenvalue weighted by atomic mass is 10.0. The van der Waals surface area contributed by atoms with Crippen molar-refractivity contribution < 1.29 is 13.2 Å². The van der Waals surface area contributed by atoms with Crippen molar-refractivity contribution in [2.75, 3.05) is 25.2 Å². The van der Waals surface area contributed by atoms with E-state index in [1.807, 2.05) is 34.9 Å². The van der Waals surface area contributed by atoms with Crippen molar-refractivity contribution in [3.8, 4) is 17.1 Å². The zero-order chi connectivity index (χ0) is 27.4. The van der Waals surface area contributed by atoms with Crippen LogP contribution in [0.5, 0.6) is 0 Å². The lowest BCUT2D eigenvalue weighted by molar-refractivity contribution is -0.113. The summed E-state index contributed by atoms with van der Waals surface area (Å²) >= 11 is 1.25. The van der Waals surface area contributed by atoms with Gasteiger partial charge in [0.1, 0.15) is 0 Å². The van der Waals surface area contributed by atoms with Gasteiger partial charge in [0.15, 0.2) is 11.0 Å². The monoisotopic (exact) mass is 550 g/mol. The van der Waals surface area contributed by atoms with Crippen LogP contribution in [0.4, 0.5) is 5.69 Å². The number of aryl methyl sites for hydroxylation is 1. The number of thioether (sulfide) groups is 1. The van der Waals surface area contributed by atoms with Crippen molar-refractivity contribution in [2.45, 2.75) is 36.7 Å². The minimum atomic E-state index is -3.64. The van der Waals surface area contributed by atoms with E-state index in [9.17, 15) is 13.2 Å². The molecule has 38 heavy (non-hydrogen) atoms. The van der Waals surface area contributed by atoms with Gasteiger partial charge in [-0.1, -0.05) is 49.9 Å². The second-order valence-corrected chi connectivity index (χ2v) is 12.3. The highest BCUT2D eigenvalue weighted by molar-refractivity contribution is 7.99. The molecule has 0 atom stereocenters. The van der Waals surface area contributed by atoms with Crippen LogP contribution in [-0.2, 0) is 14.8 Å². The molecule has 4 rings (SSSR count). The Labute approximate surface area is 227 Å². The summed E-state index contributed by atoms with van der Waals surface area (Å²) < 4.78 is 28.4. The summed E-state index contributed by atoms with van der Waals surface area (Å²) in [6.45, 7) is 5.97. The second-order valence-electron chi connectivity index (χ2n) is 9.20. The predicted octanol–water partition coefficient (Wildman–Crippen LogP) is 4.74. The minimum absolute atomic E-state index is 0.0542. The van der Waals surface area contributed by atoms with E-state index in [1.165, 1.54) is 31.9 Å². The highest BCUT2D eigenvalue weighted by Gasteiger charge is 2.22. The van der Waals surface area contributed by atoms with Crippen molar-refractivity contribution in [1.29, 1.82) is 0 Å². The van der Waals surface area contributed by atoms with E-state index in [-0.39, 0.29) is 22.5 Å². The van der Waals surface area contributed by atoms with Gasteiger partial charge < -0.3 is 5.32 Å². The number of carbonyl (C=O) groups is 1. The van der Waals surface area contributed by atoms with Crippen molar-refractivity contribution in [1.82, 2.24) is 24.1 Å². The van der Waals surface area contributed by atoms with Crippen molar-refractivity contribution >= 4 is 33.4 Å². The summed E-state index contributed by atoms with van der Waals surface area (Å²) in [6, 6.07) is 16.7. The molecule has 0 aliphatic heterocycles. The number of anilines is 1. The van der Waals surface area contributed by atoms with Gasteiger partial charge in [0, 0.05) is 37.7 Å². The Balaban J connectivity index is 1.62. The molecule has 4 aromatic rings. The second kappa shape index (κ2) is 11.5. The Kier molecular flexibility index (Phi) is 8.29. The van der Waals surface area contributed by atoms with Gasteiger partial charge in [-0.25, -0.2) is 12.7 Å². The maximum atomic E-state index is 12.9. The highest BCUT2D eigenvalue weighted by atomic mass is 32.2. The average molecular weight is 551 g/mol. The highest BCUT2D eigenvalue weighted by Crippen LogP contribution is 2.32. The molecular formula is C27H30N6O3S2. The molecule has 2 aromatic carbocycles. The van der Waals surface area contributed by atoms with Gasteiger partial charge in [-0.3, -0.25) is 14.3 Å². The van der Waals surface area contributed by atoms with E-state index in [0.717, 1.165) is 21.1 Å². The molecule has 0 unspecified atom stereocenters. The van der Waals surface area contributed by atoms with Crippen LogP contribution in [0.25, 0.3) is 17.1 Å². The largest absolute Gasteiger partial charge is 0.325 e. The molecule has 2 aromatic heterocycles. The molecule has 0 saturated heterocycles. The number of benzene rings is 2. The van der Waals surface area contributed by atoms with Crippen LogP contribution < -0.4 is 5.32 Å². The van der Waals surface area contributed by atoms with Crippen molar-refractivity contribution in [3.05, 3.63) is 78.1 Å². The van der Waals surface area contributed by atoms with Crippen LogP contribution >= 0.6 is 11.8 Å². The third kappa shape index (κ3) is 5.79. The first kappa shape index (κ1) is 27.5. The van der Waals surface area contributed by atoms with E-state index in [0.29, 0.717) is 22.2 Å². The Bertz CT molecular complexity index is 1550. The Morgan fingerprint density at radius 2 is 1.84 bits per heavy atom. The number of nitrogens with one attached hydrogen (secondary N) is 1. The Hall–Kier alpha value is -3.54. The third-order valence-electron chi connectivity index (χ3n) is 5.92. The molecule has 198 valence electrons. The first-order valence-electron chi connectivity index (χ1n) is 12.0. The molecule has 0 radical (unpaired) electrons. The molecule has 1 amide bonds. The number of pyridine rings is 1.